The zero-order valence-corrected chi connectivity index (χ0v) is 12.5. The topological polar surface area (TPSA) is 33.2 Å². The lowest BCUT2D eigenvalue weighted by Crippen LogP contribution is -2.27. The Kier molecular flexibility index (Phi) is 4.56. The van der Waals surface area contributed by atoms with Crippen molar-refractivity contribution in [1.82, 2.24) is 9.88 Å². The third kappa shape index (κ3) is 3.78. The Morgan fingerprint density at radius 1 is 1.42 bits per heavy atom. The first-order valence-corrected chi connectivity index (χ1v) is 7.20. The highest BCUT2D eigenvalue weighted by atomic mass is 35.5. The number of carbonyl (C=O) groups excluding carboxylic acids is 1. The van der Waals surface area contributed by atoms with E-state index in [2.05, 4.69) is 4.98 Å². The summed E-state index contributed by atoms with van der Waals surface area (Å²) in [6.45, 7) is 2.49. The lowest BCUT2D eigenvalue weighted by atomic mass is 10.1. The van der Waals surface area contributed by atoms with Gasteiger partial charge < -0.3 is 4.90 Å². The standard InChI is InChI=1S/C14H15ClN2OS/c1-10-16-12(9-19-10)8-17(2)14(18)7-11-5-3-4-6-13(11)15/h3-6,9H,7-8H2,1-2H3. The summed E-state index contributed by atoms with van der Waals surface area (Å²) in [5.41, 5.74) is 1.79. The van der Waals surface area contributed by atoms with Gasteiger partial charge in [-0.25, -0.2) is 4.98 Å². The summed E-state index contributed by atoms with van der Waals surface area (Å²) in [6.07, 6.45) is 0.319. The number of halogens is 1. The molecule has 3 nitrogen and oxygen atoms in total. The van der Waals surface area contributed by atoms with Crippen LogP contribution in [0.2, 0.25) is 5.02 Å². The summed E-state index contributed by atoms with van der Waals surface area (Å²) in [6, 6.07) is 7.42. The smallest absolute Gasteiger partial charge is 0.227 e. The molecule has 0 saturated heterocycles. The summed E-state index contributed by atoms with van der Waals surface area (Å²) < 4.78 is 0. The first kappa shape index (κ1) is 14.0. The van der Waals surface area contributed by atoms with Crippen LogP contribution in [0.25, 0.3) is 0 Å². The Labute approximate surface area is 121 Å². The molecule has 0 radical (unpaired) electrons. The average molecular weight is 295 g/mol. The van der Waals surface area contributed by atoms with Gasteiger partial charge in [0.15, 0.2) is 0 Å². The number of likely N-dealkylation sites (N-methyl/N-ethyl adjacent to an activating group) is 1. The minimum Gasteiger partial charge on any atom is -0.340 e. The molecule has 5 heteroatoms. The van der Waals surface area contributed by atoms with E-state index in [0.717, 1.165) is 16.3 Å². The quantitative estimate of drug-likeness (QED) is 0.867. The lowest BCUT2D eigenvalue weighted by molar-refractivity contribution is -0.129. The summed E-state index contributed by atoms with van der Waals surface area (Å²) >= 11 is 7.65. The van der Waals surface area contributed by atoms with Crippen molar-refractivity contribution >= 4 is 28.8 Å². The molecule has 0 N–H and O–H groups in total. The molecule has 0 aliphatic rings. The van der Waals surface area contributed by atoms with Crippen LogP contribution in [-0.4, -0.2) is 22.8 Å². The van der Waals surface area contributed by atoms with Crippen LogP contribution in [0.1, 0.15) is 16.3 Å². The summed E-state index contributed by atoms with van der Waals surface area (Å²) in [5.74, 6) is 0.0405. The van der Waals surface area contributed by atoms with Gasteiger partial charge in [-0.1, -0.05) is 29.8 Å². The van der Waals surface area contributed by atoms with Crippen LogP contribution in [0, 0.1) is 6.92 Å². The number of benzene rings is 1. The average Bonchev–Trinajstić information content (AvgIpc) is 2.77. The first-order chi connectivity index (χ1) is 9.06. The normalized spacial score (nSPS) is 10.5. The molecule has 0 unspecified atom stereocenters. The molecule has 19 heavy (non-hydrogen) atoms. The van der Waals surface area contributed by atoms with Crippen molar-refractivity contribution in [3.63, 3.8) is 0 Å². The van der Waals surface area contributed by atoms with E-state index < -0.39 is 0 Å². The molecule has 0 bridgehead atoms. The van der Waals surface area contributed by atoms with E-state index in [1.54, 1.807) is 29.4 Å². The Bertz CT molecular complexity index is 582. The van der Waals surface area contributed by atoms with E-state index in [1.165, 1.54) is 0 Å². The zero-order chi connectivity index (χ0) is 13.8. The number of aryl methyl sites for hydroxylation is 1. The van der Waals surface area contributed by atoms with E-state index in [9.17, 15) is 4.79 Å². The van der Waals surface area contributed by atoms with Crippen molar-refractivity contribution in [1.29, 1.82) is 0 Å². The number of hydrogen-bond donors (Lipinski definition) is 0. The van der Waals surface area contributed by atoms with Gasteiger partial charge in [0, 0.05) is 17.5 Å². The zero-order valence-electron chi connectivity index (χ0n) is 10.9. The van der Waals surface area contributed by atoms with Gasteiger partial charge in [-0.2, -0.15) is 0 Å². The Morgan fingerprint density at radius 2 is 2.16 bits per heavy atom. The van der Waals surface area contributed by atoms with Crippen molar-refractivity contribution in [3.8, 4) is 0 Å². The second-order valence-corrected chi connectivity index (χ2v) is 5.85. The largest absolute Gasteiger partial charge is 0.340 e. The van der Waals surface area contributed by atoms with Crippen molar-refractivity contribution in [2.75, 3.05) is 7.05 Å². The van der Waals surface area contributed by atoms with Crippen LogP contribution in [0.5, 0.6) is 0 Å². The molecule has 0 aliphatic carbocycles. The summed E-state index contributed by atoms with van der Waals surface area (Å²) in [7, 11) is 1.79. The second kappa shape index (κ2) is 6.17. The number of hydrogen-bond acceptors (Lipinski definition) is 3. The summed E-state index contributed by atoms with van der Waals surface area (Å²) in [4.78, 5) is 18.2. The molecular formula is C14H15ClN2OS. The van der Waals surface area contributed by atoms with Crippen LogP contribution in [0.3, 0.4) is 0 Å². The third-order valence-electron chi connectivity index (χ3n) is 2.79. The molecule has 100 valence electrons. The number of aromatic nitrogens is 1. The first-order valence-electron chi connectivity index (χ1n) is 5.94. The molecule has 0 aliphatic heterocycles. The summed E-state index contributed by atoms with van der Waals surface area (Å²) in [5, 5.41) is 3.63. The maximum atomic E-state index is 12.1. The van der Waals surface area contributed by atoms with Gasteiger partial charge in [0.1, 0.15) is 0 Å². The van der Waals surface area contributed by atoms with E-state index in [0.29, 0.717) is 18.0 Å². The Hall–Kier alpha value is -1.39. The van der Waals surface area contributed by atoms with Gasteiger partial charge in [0.2, 0.25) is 5.91 Å². The molecule has 0 atom stereocenters. The number of rotatable bonds is 4. The minimum absolute atomic E-state index is 0.0405. The molecule has 2 aromatic rings. The molecule has 1 aromatic heterocycles. The lowest BCUT2D eigenvalue weighted by Gasteiger charge is -2.16. The Balaban J connectivity index is 1.98. The van der Waals surface area contributed by atoms with E-state index in [-0.39, 0.29) is 5.91 Å². The molecule has 0 spiro atoms. The molecule has 0 fully saturated rings. The van der Waals surface area contributed by atoms with Gasteiger partial charge in [-0.3, -0.25) is 4.79 Å². The highest BCUT2D eigenvalue weighted by Crippen LogP contribution is 2.17. The second-order valence-electron chi connectivity index (χ2n) is 4.38. The molecule has 1 amide bonds. The van der Waals surface area contributed by atoms with Crippen molar-refractivity contribution in [2.45, 2.75) is 19.9 Å². The van der Waals surface area contributed by atoms with Crippen LogP contribution in [0.4, 0.5) is 0 Å². The van der Waals surface area contributed by atoms with E-state index in [1.807, 2.05) is 30.5 Å². The van der Waals surface area contributed by atoms with Crippen molar-refractivity contribution in [3.05, 3.63) is 50.9 Å². The predicted octanol–water partition coefficient (Wildman–Crippen LogP) is 3.31. The fourth-order valence-corrected chi connectivity index (χ4v) is 2.56. The SMILES string of the molecule is Cc1nc(CN(C)C(=O)Cc2ccccc2Cl)cs1. The highest BCUT2D eigenvalue weighted by Gasteiger charge is 2.13. The van der Waals surface area contributed by atoms with Gasteiger partial charge >= 0.3 is 0 Å². The van der Waals surface area contributed by atoms with Crippen LogP contribution >= 0.6 is 22.9 Å². The van der Waals surface area contributed by atoms with Gasteiger partial charge in [-0.15, -0.1) is 11.3 Å². The van der Waals surface area contributed by atoms with Gasteiger partial charge in [0.05, 0.1) is 23.7 Å². The van der Waals surface area contributed by atoms with Gasteiger partial charge in [0.25, 0.3) is 0 Å². The molecule has 1 aromatic carbocycles. The van der Waals surface area contributed by atoms with E-state index in [4.69, 9.17) is 11.6 Å². The molecule has 2 rings (SSSR count). The monoisotopic (exact) mass is 294 g/mol. The van der Waals surface area contributed by atoms with Crippen LogP contribution in [-0.2, 0) is 17.8 Å². The Morgan fingerprint density at radius 3 is 2.79 bits per heavy atom. The maximum Gasteiger partial charge on any atom is 0.227 e. The highest BCUT2D eigenvalue weighted by molar-refractivity contribution is 7.09. The van der Waals surface area contributed by atoms with E-state index >= 15 is 0 Å². The van der Waals surface area contributed by atoms with Crippen LogP contribution < -0.4 is 0 Å². The number of carbonyl (C=O) groups is 1. The van der Waals surface area contributed by atoms with Crippen molar-refractivity contribution < 1.29 is 4.79 Å². The third-order valence-corrected chi connectivity index (χ3v) is 3.98. The molecule has 0 saturated carbocycles. The number of thiazole rings is 1. The molecule has 1 heterocycles. The van der Waals surface area contributed by atoms with Gasteiger partial charge in [-0.05, 0) is 18.6 Å². The van der Waals surface area contributed by atoms with Crippen molar-refractivity contribution in [2.24, 2.45) is 0 Å². The molecular weight excluding hydrogens is 280 g/mol. The minimum atomic E-state index is 0.0405. The fraction of sp³-hybridized carbons (Fsp3) is 0.286. The fourth-order valence-electron chi connectivity index (χ4n) is 1.75. The maximum absolute atomic E-state index is 12.1. The number of nitrogens with zero attached hydrogens (tertiary/aromatic N) is 2. The van der Waals surface area contributed by atoms with Crippen LogP contribution in [0.15, 0.2) is 29.6 Å². The number of amides is 1. The predicted molar refractivity (Wildman–Crippen MR) is 78.5 cm³/mol.